The molecule has 5 aliphatic rings. The number of aromatic nitrogens is 4. The van der Waals surface area contributed by atoms with Crippen LogP contribution in [0.5, 0.6) is 0 Å². The number of halogens is 3. The number of alkyl halides is 3. The van der Waals surface area contributed by atoms with Gasteiger partial charge in [0.05, 0.1) is 0 Å². The predicted octanol–water partition coefficient (Wildman–Crippen LogP) is 6.01. The molecule has 8 rings (SSSR count). The van der Waals surface area contributed by atoms with Gasteiger partial charge >= 0.3 is 6.18 Å². The van der Waals surface area contributed by atoms with Crippen molar-refractivity contribution in [1.29, 1.82) is 0 Å². The van der Waals surface area contributed by atoms with E-state index in [2.05, 4.69) is 43.6 Å². The smallest absolute Gasteiger partial charge is 0.384 e. The number of hydrogen-bond donors (Lipinski definition) is 2. The SMILES string of the molecule is OC1(C(F)(F)F)CC(c2nc(C3=C4CC(CNc5cccc(-c6cnc(C7CC7)nc6)c5)(CC3)C4)no2)C1. The second kappa shape index (κ2) is 8.36. The van der Waals surface area contributed by atoms with Crippen LogP contribution in [0.2, 0.25) is 0 Å². The monoisotopic (exact) mass is 523 g/mol. The lowest BCUT2D eigenvalue weighted by Gasteiger charge is -2.49. The molecule has 0 unspecified atom stereocenters. The molecule has 3 saturated carbocycles. The lowest BCUT2D eigenvalue weighted by atomic mass is 9.57. The Morgan fingerprint density at radius 2 is 1.82 bits per heavy atom. The maximum absolute atomic E-state index is 12.9. The van der Waals surface area contributed by atoms with Crippen molar-refractivity contribution in [3.8, 4) is 11.1 Å². The third-order valence-corrected chi connectivity index (χ3v) is 8.74. The summed E-state index contributed by atoms with van der Waals surface area (Å²) >= 11 is 0. The molecule has 0 atom stereocenters. The Labute approximate surface area is 217 Å². The summed E-state index contributed by atoms with van der Waals surface area (Å²) in [6.45, 7) is 0.861. The van der Waals surface area contributed by atoms with Crippen LogP contribution in [0.3, 0.4) is 0 Å². The molecule has 38 heavy (non-hydrogen) atoms. The van der Waals surface area contributed by atoms with Gasteiger partial charge in [-0.15, -0.1) is 0 Å². The standard InChI is InChI=1S/C28H28F3N5O2/c29-28(30,31)27(37)11-19(12-27)25-35-24(36-38-25)22-6-7-26(9-18(22)10-26)15-34-21-3-1-2-17(8-21)20-13-32-23(33-14-20)16-4-5-16/h1-3,8,13-14,16,19,34,37H,4-7,9-12,15H2. The molecule has 0 saturated heterocycles. The van der Waals surface area contributed by atoms with Gasteiger partial charge in [-0.1, -0.05) is 22.9 Å². The summed E-state index contributed by atoms with van der Waals surface area (Å²) in [4.78, 5) is 13.5. The normalized spacial score (nSPS) is 26.1. The van der Waals surface area contributed by atoms with Crippen molar-refractivity contribution < 1.29 is 22.8 Å². The van der Waals surface area contributed by atoms with Gasteiger partial charge in [0.25, 0.3) is 0 Å². The zero-order chi connectivity index (χ0) is 26.1. The van der Waals surface area contributed by atoms with Gasteiger partial charge in [0, 0.05) is 42.0 Å². The van der Waals surface area contributed by atoms with Crippen LogP contribution in [0.15, 0.2) is 46.8 Å². The molecule has 0 aliphatic heterocycles. The minimum atomic E-state index is -4.64. The van der Waals surface area contributed by atoms with E-state index in [0.717, 1.165) is 60.4 Å². The van der Waals surface area contributed by atoms with Gasteiger partial charge in [0.15, 0.2) is 11.4 Å². The quantitative estimate of drug-likeness (QED) is 0.391. The molecule has 1 aromatic carbocycles. The Morgan fingerprint density at radius 3 is 2.47 bits per heavy atom. The van der Waals surface area contributed by atoms with E-state index in [1.54, 1.807) is 0 Å². The summed E-state index contributed by atoms with van der Waals surface area (Å²) in [5.74, 6) is 1.61. The molecule has 198 valence electrons. The summed E-state index contributed by atoms with van der Waals surface area (Å²) in [6, 6.07) is 8.32. The summed E-state index contributed by atoms with van der Waals surface area (Å²) in [5, 5.41) is 17.4. The van der Waals surface area contributed by atoms with Gasteiger partial charge in [-0.3, -0.25) is 0 Å². The summed E-state index contributed by atoms with van der Waals surface area (Å²) in [6.07, 6.45) is 4.40. The average molecular weight is 524 g/mol. The first-order valence-electron chi connectivity index (χ1n) is 13.2. The fourth-order valence-corrected chi connectivity index (χ4v) is 6.12. The van der Waals surface area contributed by atoms with Crippen LogP contribution in [0.25, 0.3) is 16.7 Å². The van der Waals surface area contributed by atoms with Crippen molar-refractivity contribution in [2.24, 2.45) is 5.41 Å². The highest BCUT2D eigenvalue weighted by Crippen LogP contribution is 2.57. The molecule has 2 bridgehead atoms. The van der Waals surface area contributed by atoms with E-state index in [1.807, 2.05) is 18.5 Å². The maximum Gasteiger partial charge on any atom is 0.417 e. The van der Waals surface area contributed by atoms with Crippen molar-refractivity contribution in [2.75, 3.05) is 11.9 Å². The topological polar surface area (TPSA) is 97.0 Å². The first-order valence-corrected chi connectivity index (χ1v) is 13.2. The zero-order valence-electron chi connectivity index (χ0n) is 20.8. The Bertz CT molecular complexity index is 1400. The number of nitrogens with one attached hydrogen (secondary N) is 1. The lowest BCUT2D eigenvalue weighted by molar-refractivity contribution is -0.292. The molecule has 3 fully saturated rings. The number of benzene rings is 1. The van der Waals surface area contributed by atoms with Crippen LogP contribution in [-0.2, 0) is 0 Å². The number of nitrogens with zero attached hydrogens (tertiary/aromatic N) is 4. The number of aliphatic hydroxyl groups is 1. The Balaban J connectivity index is 0.971. The van der Waals surface area contributed by atoms with Crippen LogP contribution in [0, 0.1) is 5.41 Å². The molecular formula is C28H28F3N5O2. The van der Waals surface area contributed by atoms with E-state index in [4.69, 9.17) is 4.52 Å². The Morgan fingerprint density at radius 1 is 1.05 bits per heavy atom. The largest absolute Gasteiger partial charge is 0.417 e. The van der Waals surface area contributed by atoms with E-state index in [1.165, 1.54) is 18.4 Å². The molecule has 0 spiro atoms. The minimum absolute atomic E-state index is 0.187. The van der Waals surface area contributed by atoms with Gasteiger partial charge in [-0.05, 0) is 80.1 Å². The predicted molar refractivity (Wildman–Crippen MR) is 133 cm³/mol. The van der Waals surface area contributed by atoms with Crippen LogP contribution in [0.1, 0.15) is 80.7 Å². The van der Waals surface area contributed by atoms with Gasteiger partial charge < -0.3 is 14.9 Å². The maximum atomic E-state index is 12.9. The molecule has 0 radical (unpaired) electrons. The van der Waals surface area contributed by atoms with Gasteiger partial charge in [0.2, 0.25) is 5.89 Å². The average Bonchev–Trinajstić information content (AvgIpc) is 3.61. The number of hydrogen-bond acceptors (Lipinski definition) is 7. The first-order chi connectivity index (χ1) is 18.2. The van der Waals surface area contributed by atoms with Crippen LogP contribution in [-0.4, -0.2) is 43.5 Å². The van der Waals surface area contributed by atoms with Crippen molar-refractivity contribution in [3.05, 3.63) is 59.8 Å². The number of fused-ring (bicyclic) bond motifs is 2. The molecule has 5 aliphatic carbocycles. The highest BCUT2D eigenvalue weighted by Gasteiger charge is 2.62. The Kier molecular flexibility index (Phi) is 5.24. The van der Waals surface area contributed by atoms with Crippen molar-refractivity contribution in [2.45, 2.75) is 75.0 Å². The van der Waals surface area contributed by atoms with Crippen LogP contribution in [0.4, 0.5) is 18.9 Å². The Hall–Kier alpha value is -3.27. The highest BCUT2D eigenvalue weighted by molar-refractivity contribution is 5.69. The fourth-order valence-electron chi connectivity index (χ4n) is 6.12. The van der Waals surface area contributed by atoms with Crippen LogP contribution < -0.4 is 5.32 Å². The van der Waals surface area contributed by atoms with Crippen molar-refractivity contribution >= 4 is 11.3 Å². The van der Waals surface area contributed by atoms with Gasteiger partial charge in [0.1, 0.15) is 5.82 Å². The zero-order valence-corrected chi connectivity index (χ0v) is 20.8. The molecule has 2 heterocycles. The van der Waals surface area contributed by atoms with E-state index >= 15 is 0 Å². The summed E-state index contributed by atoms with van der Waals surface area (Å²) < 4.78 is 44.1. The third-order valence-electron chi connectivity index (χ3n) is 8.74. The second-order valence-electron chi connectivity index (χ2n) is 11.6. The van der Waals surface area contributed by atoms with E-state index in [0.29, 0.717) is 11.7 Å². The van der Waals surface area contributed by atoms with Gasteiger partial charge in [-0.25, -0.2) is 9.97 Å². The van der Waals surface area contributed by atoms with E-state index in [-0.39, 0.29) is 11.3 Å². The summed E-state index contributed by atoms with van der Waals surface area (Å²) in [7, 11) is 0. The second-order valence-corrected chi connectivity index (χ2v) is 11.6. The highest BCUT2D eigenvalue weighted by atomic mass is 19.4. The van der Waals surface area contributed by atoms with Crippen molar-refractivity contribution in [1.82, 2.24) is 20.1 Å². The molecule has 7 nitrogen and oxygen atoms in total. The molecule has 0 amide bonds. The molecule has 2 N–H and O–H groups in total. The van der Waals surface area contributed by atoms with E-state index < -0.39 is 30.5 Å². The first kappa shape index (κ1) is 23.8. The molecule has 10 heteroatoms. The number of anilines is 1. The van der Waals surface area contributed by atoms with Gasteiger partial charge in [-0.2, -0.15) is 18.2 Å². The van der Waals surface area contributed by atoms with Crippen LogP contribution >= 0.6 is 0 Å². The minimum Gasteiger partial charge on any atom is -0.384 e. The van der Waals surface area contributed by atoms with Crippen molar-refractivity contribution in [3.63, 3.8) is 0 Å². The number of allylic oxidation sites excluding steroid dienone is 2. The summed E-state index contributed by atoms with van der Waals surface area (Å²) in [5.41, 5.74) is 3.06. The molecular weight excluding hydrogens is 495 g/mol. The molecule has 2 aromatic heterocycles. The molecule has 3 aromatic rings. The lowest BCUT2D eigenvalue weighted by Crippen LogP contribution is -2.54. The number of rotatable bonds is 7. The fraction of sp³-hybridized carbons (Fsp3) is 0.500. The third kappa shape index (κ3) is 4.09. The van der Waals surface area contributed by atoms with E-state index in [9.17, 15) is 18.3 Å².